The minimum atomic E-state index is -3.67. The Morgan fingerprint density at radius 1 is 1.61 bits per heavy atom. The van der Waals surface area contributed by atoms with Gasteiger partial charge >= 0.3 is 0 Å². The van der Waals surface area contributed by atoms with Crippen LogP contribution in [0.2, 0.25) is 5.15 Å². The lowest BCUT2D eigenvalue weighted by atomic mass is 10.1. The van der Waals surface area contributed by atoms with E-state index in [9.17, 15) is 13.5 Å². The fraction of sp³-hybridized carbons (Fsp3) is 0.700. The van der Waals surface area contributed by atoms with Crippen molar-refractivity contribution in [3.8, 4) is 0 Å². The first kappa shape index (κ1) is 13.8. The summed E-state index contributed by atoms with van der Waals surface area (Å²) in [5.41, 5.74) is 0. The zero-order valence-electron chi connectivity index (χ0n) is 10.0. The van der Waals surface area contributed by atoms with Crippen LogP contribution in [0.15, 0.2) is 11.4 Å². The third-order valence-electron chi connectivity index (χ3n) is 3.16. The van der Waals surface area contributed by atoms with E-state index in [1.165, 1.54) is 10.9 Å². The smallest absolute Gasteiger partial charge is 0.261 e. The van der Waals surface area contributed by atoms with Crippen molar-refractivity contribution >= 4 is 21.6 Å². The van der Waals surface area contributed by atoms with Crippen LogP contribution in [-0.2, 0) is 17.1 Å². The second-order valence-electron chi connectivity index (χ2n) is 4.64. The predicted octanol–water partition coefficient (Wildman–Crippen LogP) is 0.513. The van der Waals surface area contributed by atoms with E-state index >= 15 is 0 Å². The fourth-order valence-electron chi connectivity index (χ4n) is 2.10. The number of imidazole rings is 1. The average Bonchev–Trinajstić information content (AvgIpc) is 2.85. The molecule has 18 heavy (non-hydrogen) atoms. The zero-order chi connectivity index (χ0) is 13.3. The summed E-state index contributed by atoms with van der Waals surface area (Å²) in [5, 5.41) is 9.32. The first-order valence-corrected chi connectivity index (χ1v) is 7.61. The van der Waals surface area contributed by atoms with Gasteiger partial charge in [0, 0.05) is 13.6 Å². The third kappa shape index (κ3) is 2.85. The van der Waals surface area contributed by atoms with Gasteiger partial charge in [-0.15, -0.1) is 0 Å². The first-order valence-electron chi connectivity index (χ1n) is 5.74. The Morgan fingerprint density at radius 2 is 2.33 bits per heavy atom. The number of aliphatic hydroxyl groups excluding tert-OH is 1. The van der Waals surface area contributed by atoms with Gasteiger partial charge in [-0.25, -0.2) is 18.1 Å². The van der Waals surface area contributed by atoms with E-state index in [0.717, 1.165) is 12.8 Å². The molecule has 2 atom stereocenters. The number of hydrogen-bond donors (Lipinski definition) is 2. The molecule has 1 aromatic rings. The number of rotatable bonds is 4. The van der Waals surface area contributed by atoms with Crippen LogP contribution < -0.4 is 4.72 Å². The molecule has 0 saturated heterocycles. The van der Waals surface area contributed by atoms with Crippen LogP contribution in [0.1, 0.15) is 19.3 Å². The molecule has 0 aliphatic heterocycles. The van der Waals surface area contributed by atoms with Gasteiger partial charge in [0.2, 0.25) is 5.03 Å². The molecule has 1 fully saturated rings. The highest BCUT2D eigenvalue weighted by Crippen LogP contribution is 2.25. The molecule has 2 rings (SSSR count). The minimum Gasteiger partial charge on any atom is -0.393 e. The molecule has 2 unspecified atom stereocenters. The number of nitrogens with zero attached hydrogens (tertiary/aromatic N) is 2. The Balaban J connectivity index is 2.02. The molecule has 1 aliphatic rings. The molecule has 1 heterocycles. The lowest BCUT2D eigenvalue weighted by Crippen LogP contribution is -2.29. The molecular weight excluding hydrogens is 278 g/mol. The number of aryl methyl sites for hydroxylation is 1. The summed E-state index contributed by atoms with van der Waals surface area (Å²) in [5.74, 6) is 0.178. The van der Waals surface area contributed by atoms with E-state index in [1.54, 1.807) is 7.05 Å². The minimum absolute atomic E-state index is 0.0916. The first-order chi connectivity index (χ1) is 8.40. The van der Waals surface area contributed by atoms with Crippen molar-refractivity contribution in [3.63, 3.8) is 0 Å². The van der Waals surface area contributed by atoms with Crippen molar-refractivity contribution in [2.75, 3.05) is 6.54 Å². The largest absolute Gasteiger partial charge is 0.393 e. The molecule has 102 valence electrons. The van der Waals surface area contributed by atoms with Crippen molar-refractivity contribution in [2.24, 2.45) is 13.0 Å². The van der Waals surface area contributed by atoms with Crippen molar-refractivity contribution in [1.29, 1.82) is 0 Å². The highest BCUT2D eigenvalue weighted by Gasteiger charge is 2.27. The molecule has 0 aromatic carbocycles. The van der Waals surface area contributed by atoms with Crippen molar-refractivity contribution in [1.82, 2.24) is 14.3 Å². The van der Waals surface area contributed by atoms with Crippen LogP contribution in [-0.4, -0.2) is 35.7 Å². The van der Waals surface area contributed by atoms with E-state index in [2.05, 4.69) is 9.71 Å². The highest BCUT2D eigenvalue weighted by molar-refractivity contribution is 7.89. The maximum atomic E-state index is 12.0. The van der Waals surface area contributed by atoms with Gasteiger partial charge in [0.1, 0.15) is 5.15 Å². The van der Waals surface area contributed by atoms with E-state index in [4.69, 9.17) is 11.6 Å². The van der Waals surface area contributed by atoms with Crippen LogP contribution in [0.25, 0.3) is 0 Å². The Kier molecular flexibility index (Phi) is 3.96. The van der Waals surface area contributed by atoms with Crippen molar-refractivity contribution < 1.29 is 13.5 Å². The molecule has 0 amide bonds. The molecule has 6 nitrogen and oxygen atoms in total. The fourth-order valence-corrected chi connectivity index (χ4v) is 3.64. The average molecular weight is 294 g/mol. The number of sulfonamides is 1. The number of halogens is 1. The van der Waals surface area contributed by atoms with E-state index in [-0.39, 0.29) is 22.2 Å². The summed E-state index contributed by atoms with van der Waals surface area (Å²) in [4.78, 5) is 3.78. The highest BCUT2D eigenvalue weighted by atomic mass is 35.5. The topological polar surface area (TPSA) is 84.2 Å². The molecule has 0 bridgehead atoms. The standard InChI is InChI=1S/C10H16ClN3O3S/c1-14-6-12-10(9(14)11)18(16,17)13-5-7-2-3-8(15)4-7/h6-8,13,15H,2-5H2,1H3. The summed E-state index contributed by atoms with van der Waals surface area (Å²) in [6.07, 6.45) is 3.25. The van der Waals surface area contributed by atoms with Crippen LogP contribution in [0, 0.1) is 5.92 Å². The van der Waals surface area contributed by atoms with Gasteiger partial charge in [0.05, 0.1) is 12.4 Å². The van der Waals surface area contributed by atoms with Gasteiger partial charge in [-0.3, -0.25) is 0 Å². The SMILES string of the molecule is Cn1cnc(S(=O)(=O)NCC2CCC(O)C2)c1Cl. The summed E-state index contributed by atoms with van der Waals surface area (Å²) in [6, 6.07) is 0. The van der Waals surface area contributed by atoms with Crippen molar-refractivity contribution in [2.45, 2.75) is 30.4 Å². The monoisotopic (exact) mass is 293 g/mol. The Labute approximate surface area is 111 Å². The number of hydrogen-bond acceptors (Lipinski definition) is 4. The number of aliphatic hydroxyl groups is 1. The molecule has 0 radical (unpaired) electrons. The van der Waals surface area contributed by atoms with Gasteiger partial charge < -0.3 is 9.67 Å². The van der Waals surface area contributed by atoms with Crippen LogP contribution in [0.3, 0.4) is 0 Å². The molecule has 1 aliphatic carbocycles. The van der Waals surface area contributed by atoms with Gasteiger partial charge in [-0.1, -0.05) is 11.6 Å². The molecule has 1 aromatic heterocycles. The molecule has 2 N–H and O–H groups in total. The maximum absolute atomic E-state index is 12.0. The van der Waals surface area contributed by atoms with E-state index in [0.29, 0.717) is 13.0 Å². The Hall–Kier alpha value is -0.630. The predicted molar refractivity (Wildman–Crippen MR) is 66.8 cm³/mol. The second-order valence-corrected chi connectivity index (χ2v) is 6.68. The Bertz CT molecular complexity index is 528. The van der Waals surface area contributed by atoms with Crippen molar-refractivity contribution in [3.05, 3.63) is 11.5 Å². The molecular formula is C10H16ClN3O3S. The van der Waals surface area contributed by atoms with Gasteiger partial charge in [-0.2, -0.15) is 0 Å². The second kappa shape index (κ2) is 5.16. The lowest BCUT2D eigenvalue weighted by molar-refractivity contribution is 0.178. The van der Waals surface area contributed by atoms with Gasteiger partial charge in [-0.05, 0) is 25.2 Å². The maximum Gasteiger partial charge on any atom is 0.261 e. The molecule has 0 spiro atoms. The normalized spacial score (nSPS) is 24.6. The molecule has 8 heteroatoms. The van der Waals surface area contributed by atoms with E-state index in [1.807, 2.05) is 0 Å². The third-order valence-corrected chi connectivity index (χ3v) is 5.08. The summed E-state index contributed by atoms with van der Waals surface area (Å²) < 4.78 is 27.9. The number of nitrogens with one attached hydrogen (secondary N) is 1. The summed E-state index contributed by atoms with van der Waals surface area (Å²) in [6.45, 7) is 0.312. The summed E-state index contributed by atoms with van der Waals surface area (Å²) in [7, 11) is -2.04. The Morgan fingerprint density at radius 3 is 2.83 bits per heavy atom. The quantitative estimate of drug-likeness (QED) is 0.847. The summed E-state index contributed by atoms with van der Waals surface area (Å²) >= 11 is 5.85. The van der Waals surface area contributed by atoms with Crippen LogP contribution >= 0.6 is 11.6 Å². The van der Waals surface area contributed by atoms with Gasteiger partial charge in [0.15, 0.2) is 0 Å². The number of aromatic nitrogens is 2. The van der Waals surface area contributed by atoms with Crippen LogP contribution in [0.4, 0.5) is 0 Å². The lowest BCUT2D eigenvalue weighted by Gasteiger charge is -2.10. The van der Waals surface area contributed by atoms with E-state index < -0.39 is 10.0 Å². The van der Waals surface area contributed by atoms with Gasteiger partial charge in [0.25, 0.3) is 10.0 Å². The zero-order valence-corrected chi connectivity index (χ0v) is 11.6. The molecule has 1 saturated carbocycles. The van der Waals surface area contributed by atoms with Crippen LogP contribution in [0.5, 0.6) is 0 Å².